The van der Waals surface area contributed by atoms with Gasteiger partial charge >= 0.3 is 12.0 Å². The number of aliphatic carboxylic acids is 1. The summed E-state index contributed by atoms with van der Waals surface area (Å²) >= 11 is 0. The Balaban J connectivity index is 2.46. The topological polar surface area (TPSA) is 119 Å². The van der Waals surface area contributed by atoms with Gasteiger partial charge in [0.05, 0.1) is 0 Å². The molecule has 1 rings (SSSR count). The molecule has 1 aliphatic rings. The van der Waals surface area contributed by atoms with Crippen LogP contribution in [0.4, 0.5) is 4.79 Å². The van der Waals surface area contributed by atoms with Crippen molar-refractivity contribution in [2.75, 3.05) is 19.7 Å². The molecule has 8 heteroatoms. The molecule has 0 aromatic carbocycles. The third kappa shape index (κ3) is 4.74. The third-order valence-corrected chi connectivity index (χ3v) is 2.90. The molecule has 1 aliphatic heterocycles. The van der Waals surface area contributed by atoms with Gasteiger partial charge in [-0.15, -0.1) is 0 Å². The number of carbonyl (C=O) groups excluding carboxylic acids is 2. The van der Waals surface area contributed by atoms with Crippen LogP contribution in [0.3, 0.4) is 0 Å². The monoisotopic (exact) mass is 273 g/mol. The zero-order valence-electron chi connectivity index (χ0n) is 10.8. The number of hydrogen-bond donors (Lipinski definition) is 4. The first-order valence-electron chi connectivity index (χ1n) is 6.10. The quantitative estimate of drug-likeness (QED) is 0.498. The molecule has 1 fully saturated rings. The van der Waals surface area contributed by atoms with Gasteiger partial charge in [0, 0.05) is 39.1 Å². The van der Waals surface area contributed by atoms with Crippen molar-refractivity contribution in [3.05, 3.63) is 0 Å². The standard InChI is InChI=1S/C11H19N3O5/c1-7(16)12-8-2-4-14(6-8)11(19)13-9(3-5-15)10(17)18/h8-9,15H,2-6H2,1H3,(H,12,16)(H,13,19)(H,17,18). The summed E-state index contributed by atoms with van der Waals surface area (Å²) in [5, 5.41) is 22.7. The lowest BCUT2D eigenvalue weighted by Gasteiger charge is -2.20. The highest BCUT2D eigenvalue weighted by molar-refractivity contribution is 5.82. The Morgan fingerprint density at radius 3 is 2.63 bits per heavy atom. The molecule has 108 valence electrons. The Kier molecular flexibility index (Phi) is 5.56. The third-order valence-electron chi connectivity index (χ3n) is 2.90. The van der Waals surface area contributed by atoms with Gasteiger partial charge in [0.25, 0.3) is 0 Å². The number of nitrogens with zero attached hydrogens (tertiary/aromatic N) is 1. The highest BCUT2D eigenvalue weighted by Crippen LogP contribution is 2.09. The molecule has 0 spiro atoms. The molecule has 19 heavy (non-hydrogen) atoms. The zero-order chi connectivity index (χ0) is 14.4. The molecule has 1 heterocycles. The van der Waals surface area contributed by atoms with Crippen LogP contribution in [0.2, 0.25) is 0 Å². The summed E-state index contributed by atoms with van der Waals surface area (Å²) in [5.41, 5.74) is 0. The molecule has 0 radical (unpaired) electrons. The van der Waals surface area contributed by atoms with E-state index in [-0.39, 0.29) is 25.0 Å². The molecule has 0 aromatic rings. The lowest BCUT2D eigenvalue weighted by Crippen LogP contribution is -2.48. The van der Waals surface area contributed by atoms with Gasteiger partial charge in [0.15, 0.2) is 0 Å². The number of likely N-dealkylation sites (tertiary alicyclic amines) is 1. The first kappa shape index (κ1) is 15.2. The summed E-state index contributed by atoms with van der Waals surface area (Å²) in [4.78, 5) is 35.0. The average molecular weight is 273 g/mol. The van der Waals surface area contributed by atoms with E-state index in [2.05, 4.69) is 10.6 Å². The first-order valence-corrected chi connectivity index (χ1v) is 6.10. The van der Waals surface area contributed by atoms with Crippen molar-refractivity contribution in [3.63, 3.8) is 0 Å². The number of amides is 3. The molecular weight excluding hydrogens is 254 g/mol. The molecule has 0 saturated carbocycles. The van der Waals surface area contributed by atoms with E-state index in [1.54, 1.807) is 0 Å². The van der Waals surface area contributed by atoms with Crippen molar-refractivity contribution < 1.29 is 24.6 Å². The molecule has 3 amide bonds. The zero-order valence-corrected chi connectivity index (χ0v) is 10.8. The molecular formula is C11H19N3O5. The minimum absolute atomic E-state index is 0.0377. The molecule has 2 atom stereocenters. The Hall–Kier alpha value is -1.83. The number of aliphatic hydroxyl groups excluding tert-OH is 1. The number of aliphatic hydroxyl groups is 1. The summed E-state index contributed by atoms with van der Waals surface area (Å²) < 4.78 is 0. The van der Waals surface area contributed by atoms with Crippen LogP contribution >= 0.6 is 0 Å². The fourth-order valence-corrected chi connectivity index (χ4v) is 1.98. The molecule has 0 aliphatic carbocycles. The molecule has 0 bridgehead atoms. The minimum atomic E-state index is -1.18. The van der Waals surface area contributed by atoms with E-state index in [0.29, 0.717) is 19.5 Å². The number of urea groups is 1. The fourth-order valence-electron chi connectivity index (χ4n) is 1.98. The number of carbonyl (C=O) groups is 3. The Morgan fingerprint density at radius 1 is 1.42 bits per heavy atom. The van der Waals surface area contributed by atoms with Crippen LogP contribution in [0, 0.1) is 0 Å². The van der Waals surface area contributed by atoms with Gasteiger partial charge in [-0.25, -0.2) is 9.59 Å². The maximum Gasteiger partial charge on any atom is 0.326 e. The second-order valence-electron chi connectivity index (χ2n) is 4.48. The van der Waals surface area contributed by atoms with Gasteiger partial charge < -0.3 is 25.7 Å². The number of carboxylic acids is 1. The summed E-state index contributed by atoms with van der Waals surface area (Å²) in [6.07, 6.45) is 0.606. The van der Waals surface area contributed by atoms with Crippen LogP contribution < -0.4 is 10.6 Å². The largest absolute Gasteiger partial charge is 0.480 e. The smallest absolute Gasteiger partial charge is 0.326 e. The SMILES string of the molecule is CC(=O)NC1CCN(C(=O)NC(CCO)C(=O)O)C1. The molecule has 8 nitrogen and oxygen atoms in total. The highest BCUT2D eigenvalue weighted by atomic mass is 16.4. The van der Waals surface area contributed by atoms with Crippen molar-refractivity contribution in [2.45, 2.75) is 31.8 Å². The molecule has 2 unspecified atom stereocenters. The second kappa shape index (κ2) is 6.93. The van der Waals surface area contributed by atoms with Gasteiger partial charge in [-0.3, -0.25) is 4.79 Å². The maximum absolute atomic E-state index is 11.8. The number of nitrogens with one attached hydrogen (secondary N) is 2. The predicted molar refractivity (Wildman–Crippen MR) is 65.5 cm³/mol. The van der Waals surface area contributed by atoms with E-state index in [0.717, 1.165) is 0 Å². The van der Waals surface area contributed by atoms with Crippen molar-refractivity contribution in [1.82, 2.24) is 15.5 Å². The fraction of sp³-hybridized carbons (Fsp3) is 0.727. The van der Waals surface area contributed by atoms with Crippen molar-refractivity contribution in [3.8, 4) is 0 Å². The van der Waals surface area contributed by atoms with Gasteiger partial charge in [-0.05, 0) is 6.42 Å². The van der Waals surface area contributed by atoms with E-state index in [1.807, 2.05) is 0 Å². The lowest BCUT2D eigenvalue weighted by molar-refractivity contribution is -0.139. The van der Waals surface area contributed by atoms with Crippen LogP contribution in [0.25, 0.3) is 0 Å². The van der Waals surface area contributed by atoms with E-state index in [4.69, 9.17) is 10.2 Å². The van der Waals surface area contributed by atoms with Crippen LogP contribution in [0.1, 0.15) is 19.8 Å². The predicted octanol–water partition coefficient (Wildman–Crippen LogP) is -1.26. The van der Waals surface area contributed by atoms with Gasteiger partial charge in [0.1, 0.15) is 6.04 Å². The molecule has 0 aromatic heterocycles. The van der Waals surface area contributed by atoms with Gasteiger partial charge in [-0.2, -0.15) is 0 Å². The normalized spacial score (nSPS) is 19.9. The highest BCUT2D eigenvalue weighted by Gasteiger charge is 2.29. The lowest BCUT2D eigenvalue weighted by atomic mass is 10.2. The average Bonchev–Trinajstić information content (AvgIpc) is 2.75. The van der Waals surface area contributed by atoms with Crippen LogP contribution in [0.5, 0.6) is 0 Å². The summed E-state index contributed by atoms with van der Waals surface area (Å²) in [7, 11) is 0. The number of hydrogen-bond acceptors (Lipinski definition) is 4. The van der Waals surface area contributed by atoms with Gasteiger partial charge in [0.2, 0.25) is 5.91 Å². The van der Waals surface area contributed by atoms with Crippen LogP contribution in [-0.4, -0.2) is 64.8 Å². The van der Waals surface area contributed by atoms with Crippen LogP contribution in [0.15, 0.2) is 0 Å². The van der Waals surface area contributed by atoms with E-state index in [9.17, 15) is 14.4 Å². The van der Waals surface area contributed by atoms with Gasteiger partial charge in [-0.1, -0.05) is 0 Å². The number of carboxylic acid groups (broad SMARTS) is 1. The maximum atomic E-state index is 11.8. The molecule has 1 saturated heterocycles. The molecule has 4 N–H and O–H groups in total. The Bertz CT molecular complexity index is 360. The summed E-state index contributed by atoms with van der Waals surface area (Å²) in [6.45, 7) is 1.91. The Labute approximate surface area is 110 Å². The summed E-state index contributed by atoms with van der Waals surface area (Å²) in [5.74, 6) is -1.34. The van der Waals surface area contributed by atoms with Crippen LogP contribution in [-0.2, 0) is 9.59 Å². The van der Waals surface area contributed by atoms with E-state index < -0.39 is 18.0 Å². The van der Waals surface area contributed by atoms with Crippen molar-refractivity contribution >= 4 is 17.9 Å². The minimum Gasteiger partial charge on any atom is -0.480 e. The van der Waals surface area contributed by atoms with Crippen molar-refractivity contribution in [2.24, 2.45) is 0 Å². The summed E-state index contributed by atoms with van der Waals surface area (Å²) in [6, 6.07) is -1.68. The Morgan fingerprint density at radius 2 is 2.11 bits per heavy atom. The van der Waals surface area contributed by atoms with E-state index >= 15 is 0 Å². The van der Waals surface area contributed by atoms with Crippen molar-refractivity contribution in [1.29, 1.82) is 0 Å². The number of rotatable bonds is 5. The first-order chi connectivity index (χ1) is 8.93. The second-order valence-corrected chi connectivity index (χ2v) is 4.48. The van der Waals surface area contributed by atoms with E-state index in [1.165, 1.54) is 11.8 Å².